The monoisotopic (exact) mass is 291 g/mol. The van der Waals surface area contributed by atoms with Crippen molar-refractivity contribution in [2.24, 2.45) is 5.92 Å². The van der Waals surface area contributed by atoms with E-state index in [1.54, 1.807) is 6.92 Å². The molecule has 2 rings (SSSR count). The molecule has 1 unspecified atom stereocenters. The molecular formula is C16H21NO4. The van der Waals surface area contributed by atoms with Gasteiger partial charge in [0.2, 0.25) is 0 Å². The molecule has 5 heteroatoms. The molecule has 0 saturated carbocycles. The van der Waals surface area contributed by atoms with Crippen molar-refractivity contribution < 1.29 is 19.4 Å². The number of fused-ring (bicyclic) bond motifs is 1. The smallest absolute Gasteiger partial charge is 0.303 e. The third-order valence-corrected chi connectivity index (χ3v) is 3.61. The molecular weight excluding hydrogens is 270 g/mol. The van der Waals surface area contributed by atoms with E-state index in [-0.39, 0.29) is 24.9 Å². The summed E-state index contributed by atoms with van der Waals surface area (Å²) in [5, 5.41) is 11.3. The predicted molar refractivity (Wildman–Crippen MR) is 78.4 cm³/mol. The van der Waals surface area contributed by atoms with Gasteiger partial charge in [-0.1, -0.05) is 13.0 Å². The number of carbonyl (C=O) groups is 2. The fourth-order valence-corrected chi connectivity index (χ4v) is 2.50. The number of benzene rings is 1. The van der Waals surface area contributed by atoms with Gasteiger partial charge in [-0.2, -0.15) is 0 Å². The highest BCUT2D eigenvalue weighted by Gasteiger charge is 2.12. The van der Waals surface area contributed by atoms with Gasteiger partial charge < -0.3 is 15.2 Å². The lowest BCUT2D eigenvalue weighted by molar-refractivity contribution is -0.138. The van der Waals surface area contributed by atoms with Crippen LogP contribution in [0.15, 0.2) is 18.2 Å². The molecule has 1 amide bonds. The number of amides is 1. The van der Waals surface area contributed by atoms with Gasteiger partial charge in [0.05, 0.1) is 0 Å². The molecule has 1 aromatic carbocycles. The van der Waals surface area contributed by atoms with Crippen molar-refractivity contribution in [1.29, 1.82) is 0 Å². The third kappa shape index (κ3) is 4.77. The van der Waals surface area contributed by atoms with Crippen molar-refractivity contribution in [2.45, 2.75) is 32.6 Å². The maximum Gasteiger partial charge on any atom is 0.303 e. The summed E-state index contributed by atoms with van der Waals surface area (Å²) in [6.45, 7) is 2.09. The highest BCUT2D eigenvalue weighted by Crippen LogP contribution is 2.25. The van der Waals surface area contributed by atoms with Gasteiger partial charge in [0.15, 0.2) is 6.61 Å². The molecule has 1 aromatic rings. The lowest BCUT2D eigenvalue weighted by atomic mass is 10.1. The minimum absolute atomic E-state index is 0.0431. The van der Waals surface area contributed by atoms with Crippen LogP contribution in [-0.4, -0.2) is 30.1 Å². The largest absolute Gasteiger partial charge is 0.484 e. The number of hydrogen-bond donors (Lipinski definition) is 2. The van der Waals surface area contributed by atoms with Crippen molar-refractivity contribution in [3.63, 3.8) is 0 Å². The maximum atomic E-state index is 11.7. The summed E-state index contributed by atoms with van der Waals surface area (Å²) in [6, 6.07) is 5.96. The van der Waals surface area contributed by atoms with E-state index in [2.05, 4.69) is 11.4 Å². The third-order valence-electron chi connectivity index (χ3n) is 3.61. The fraction of sp³-hybridized carbons (Fsp3) is 0.500. The molecule has 0 aromatic heterocycles. The molecule has 0 heterocycles. The summed E-state index contributed by atoms with van der Waals surface area (Å²) in [5.41, 5.74) is 2.68. The van der Waals surface area contributed by atoms with Crippen LogP contribution in [0.3, 0.4) is 0 Å². The van der Waals surface area contributed by atoms with Crippen molar-refractivity contribution >= 4 is 11.9 Å². The number of carbonyl (C=O) groups excluding carboxylic acids is 1. The lowest BCUT2D eigenvalue weighted by Crippen LogP contribution is -2.33. The molecule has 0 bridgehead atoms. The van der Waals surface area contributed by atoms with Crippen LogP contribution in [-0.2, 0) is 22.4 Å². The van der Waals surface area contributed by atoms with Gasteiger partial charge in [0.25, 0.3) is 5.91 Å². The zero-order valence-electron chi connectivity index (χ0n) is 12.2. The Morgan fingerprint density at radius 2 is 2.10 bits per heavy atom. The molecule has 0 fully saturated rings. The topological polar surface area (TPSA) is 75.6 Å². The molecule has 1 atom stereocenters. The first-order valence-electron chi connectivity index (χ1n) is 7.27. The quantitative estimate of drug-likeness (QED) is 0.803. The van der Waals surface area contributed by atoms with Gasteiger partial charge in [-0.3, -0.25) is 9.59 Å². The van der Waals surface area contributed by atoms with Crippen LogP contribution >= 0.6 is 0 Å². The average Bonchev–Trinajstić information content (AvgIpc) is 2.89. The Balaban J connectivity index is 1.72. The Labute approximate surface area is 124 Å². The van der Waals surface area contributed by atoms with Gasteiger partial charge in [-0.25, -0.2) is 0 Å². The molecule has 1 aliphatic carbocycles. The van der Waals surface area contributed by atoms with Gasteiger partial charge in [-0.15, -0.1) is 0 Å². The first kappa shape index (κ1) is 15.4. The molecule has 0 saturated heterocycles. The average molecular weight is 291 g/mol. The van der Waals surface area contributed by atoms with Crippen LogP contribution < -0.4 is 10.1 Å². The van der Waals surface area contributed by atoms with Crippen LogP contribution in [0.2, 0.25) is 0 Å². The second-order valence-corrected chi connectivity index (χ2v) is 5.58. The Morgan fingerprint density at radius 1 is 1.33 bits per heavy atom. The number of carboxylic acids is 1. The summed E-state index contributed by atoms with van der Waals surface area (Å²) in [6.07, 6.45) is 3.43. The number of aliphatic carboxylic acids is 1. The first-order valence-corrected chi connectivity index (χ1v) is 7.27. The van der Waals surface area contributed by atoms with E-state index >= 15 is 0 Å². The van der Waals surface area contributed by atoms with E-state index in [0.717, 1.165) is 12.8 Å². The molecule has 2 N–H and O–H groups in total. The van der Waals surface area contributed by atoms with Crippen LogP contribution in [0, 0.1) is 5.92 Å². The predicted octanol–water partition coefficient (Wildman–Crippen LogP) is 1.78. The molecule has 1 aliphatic rings. The fourth-order valence-electron chi connectivity index (χ4n) is 2.50. The molecule has 0 aliphatic heterocycles. The lowest BCUT2D eigenvalue weighted by Gasteiger charge is -2.11. The van der Waals surface area contributed by atoms with E-state index < -0.39 is 5.97 Å². The van der Waals surface area contributed by atoms with E-state index in [0.29, 0.717) is 12.3 Å². The van der Waals surface area contributed by atoms with Crippen molar-refractivity contribution in [1.82, 2.24) is 5.32 Å². The first-order chi connectivity index (χ1) is 10.0. The molecule has 21 heavy (non-hydrogen) atoms. The second-order valence-electron chi connectivity index (χ2n) is 5.58. The Morgan fingerprint density at radius 3 is 2.86 bits per heavy atom. The molecule has 5 nitrogen and oxygen atoms in total. The molecule has 0 spiro atoms. The van der Waals surface area contributed by atoms with Crippen LogP contribution in [0.4, 0.5) is 0 Å². The van der Waals surface area contributed by atoms with Gasteiger partial charge in [0.1, 0.15) is 5.75 Å². The molecule has 0 radical (unpaired) electrons. The number of ether oxygens (including phenoxy) is 1. The normalized spacial score (nSPS) is 14.3. The van der Waals surface area contributed by atoms with Crippen LogP contribution in [0.25, 0.3) is 0 Å². The number of rotatable bonds is 7. The second kappa shape index (κ2) is 7.11. The molecule has 114 valence electrons. The summed E-state index contributed by atoms with van der Waals surface area (Å²) < 4.78 is 5.48. The summed E-state index contributed by atoms with van der Waals surface area (Å²) >= 11 is 0. The van der Waals surface area contributed by atoms with E-state index in [4.69, 9.17) is 9.84 Å². The van der Waals surface area contributed by atoms with Crippen LogP contribution in [0.1, 0.15) is 30.9 Å². The number of aryl methyl sites for hydroxylation is 2. The highest BCUT2D eigenvalue weighted by atomic mass is 16.5. The van der Waals surface area contributed by atoms with Crippen molar-refractivity contribution in [3.8, 4) is 5.75 Å². The summed E-state index contributed by atoms with van der Waals surface area (Å²) in [4.78, 5) is 22.2. The zero-order chi connectivity index (χ0) is 15.2. The highest BCUT2D eigenvalue weighted by molar-refractivity contribution is 5.77. The minimum Gasteiger partial charge on any atom is -0.484 e. The Kier molecular flexibility index (Phi) is 5.20. The van der Waals surface area contributed by atoms with Crippen molar-refractivity contribution in [2.75, 3.05) is 13.2 Å². The maximum absolute atomic E-state index is 11.7. The summed E-state index contributed by atoms with van der Waals surface area (Å²) in [7, 11) is 0. The van der Waals surface area contributed by atoms with Gasteiger partial charge in [0, 0.05) is 13.0 Å². The summed E-state index contributed by atoms with van der Waals surface area (Å²) in [5.74, 6) is -0.463. The SMILES string of the molecule is CC(CNC(=O)COc1ccc2c(c1)CCC2)CC(=O)O. The zero-order valence-corrected chi connectivity index (χ0v) is 12.2. The van der Waals surface area contributed by atoms with Crippen molar-refractivity contribution in [3.05, 3.63) is 29.3 Å². The standard InChI is InChI=1S/C16H21NO4/c1-11(7-16(19)20)9-17-15(18)10-21-14-6-5-12-3-2-4-13(12)8-14/h5-6,8,11H,2-4,7,9-10H2,1H3,(H,17,18)(H,19,20). The number of carboxylic acid groups (broad SMARTS) is 1. The van der Waals surface area contributed by atoms with E-state index in [1.165, 1.54) is 17.5 Å². The Bertz CT molecular complexity index is 527. The van der Waals surface area contributed by atoms with E-state index in [1.807, 2.05) is 12.1 Å². The number of nitrogens with one attached hydrogen (secondary N) is 1. The van der Waals surface area contributed by atoms with Crippen LogP contribution in [0.5, 0.6) is 5.75 Å². The Hall–Kier alpha value is -2.04. The number of hydrogen-bond acceptors (Lipinski definition) is 3. The van der Waals surface area contributed by atoms with Gasteiger partial charge in [-0.05, 0) is 48.4 Å². The minimum atomic E-state index is -0.855. The van der Waals surface area contributed by atoms with Gasteiger partial charge >= 0.3 is 5.97 Å². The van der Waals surface area contributed by atoms with E-state index in [9.17, 15) is 9.59 Å².